The number of nitrogens with one attached hydrogen (secondary N) is 1. The van der Waals surface area contributed by atoms with Crippen LogP contribution in [0.1, 0.15) is 30.6 Å². The lowest BCUT2D eigenvalue weighted by molar-refractivity contribution is 0.468. The largest absolute Gasteiger partial charge is 0.307 e. The van der Waals surface area contributed by atoms with Crippen molar-refractivity contribution in [3.05, 3.63) is 47.8 Å². The molecule has 5 heteroatoms. The second-order valence-electron chi connectivity index (χ2n) is 4.60. The van der Waals surface area contributed by atoms with Crippen LogP contribution in [0, 0.1) is 12.7 Å². The second-order valence-corrected chi connectivity index (χ2v) is 4.60. The first-order valence-corrected chi connectivity index (χ1v) is 6.53. The number of aryl methyl sites for hydroxylation is 1. The van der Waals surface area contributed by atoms with Crippen LogP contribution in [0.25, 0.3) is 0 Å². The molecule has 0 spiro atoms. The molecule has 0 saturated heterocycles. The van der Waals surface area contributed by atoms with Crippen molar-refractivity contribution in [2.75, 3.05) is 6.54 Å². The summed E-state index contributed by atoms with van der Waals surface area (Å²) in [4.78, 5) is 4.12. The summed E-state index contributed by atoms with van der Waals surface area (Å²) >= 11 is 0. The molecule has 2 rings (SSSR count). The van der Waals surface area contributed by atoms with Crippen LogP contribution in [0.5, 0.6) is 0 Å². The summed E-state index contributed by atoms with van der Waals surface area (Å²) in [7, 11) is 0. The molecule has 0 amide bonds. The van der Waals surface area contributed by atoms with Crippen molar-refractivity contribution in [3.63, 3.8) is 0 Å². The Balaban J connectivity index is 1.87. The quantitative estimate of drug-likeness (QED) is 0.869. The third kappa shape index (κ3) is 3.86. The minimum atomic E-state index is -0.300. The van der Waals surface area contributed by atoms with Crippen molar-refractivity contribution in [1.29, 1.82) is 0 Å². The maximum absolute atomic E-state index is 12.8. The third-order valence-electron chi connectivity index (χ3n) is 3.01. The van der Waals surface area contributed by atoms with Crippen LogP contribution in [-0.2, 0) is 6.54 Å². The molecular weight excluding hydrogens is 243 g/mol. The lowest BCUT2D eigenvalue weighted by Crippen LogP contribution is -2.25. The highest BCUT2D eigenvalue weighted by atomic mass is 19.1. The molecule has 0 saturated carbocycles. The summed E-state index contributed by atoms with van der Waals surface area (Å²) in [5, 5.41) is 7.65. The molecule has 2 aromatic heterocycles. The molecule has 0 aliphatic carbocycles. The zero-order valence-corrected chi connectivity index (χ0v) is 11.3. The van der Waals surface area contributed by atoms with Gasteiger partial charge in [-0.15, -0.1) is 0 Å². The fourth-order valence-corrected chi connectivity index (χ4v) is 1.99. The summed E-state index contributed by atoms with van der Waals surface area (Å²) in [6, 6.07) is 3.33. The lowest BCUT2D eigenvalue weighted by Gasteiger charge is -2.16. The molecule has 2 aromatic rings. The van der Waals surface area contributed by atoms with Gasteiger partial charge in [-0.2, -0.15) is 5.10 Å². The van der Waals surface area contributed by atoms with Crippen molar-refractivity contribution < 1.29 is 4.39 Å². The zero-order chi connectivity index (χ0) is 13.7. The molecule has 19 heavy (non-hydrogen) atoms. The van der Waals surface area contributed by atoms with E-state index in [1.54, 1.807) is 6.07 Å². The SMILES string of the molecule is CCC(NCCn1cc(C)cn1)c1ccc(F)cn1. The highest BCUT2D eigenvalue weighted by molar-refractivity contribution is 5.09. The predicted octanol–water partition coefficient (Wildman–Crippen LogP) is 2.47. The number of hydrogen-bond acceptors (Lipinski definition) is 3. The van der Waals surface area contributed by atoms with E-state index >= 15 is 0 Å². The van der Waals surface area contributed by atoms with Crippen LogP contribution in [0.3, 0.4) is 0 Å². The molecule has 0 aliphatic heterocycles. The molecule has 0 radical (unpaired) electrons. The van der Waals surface area contributed by atoms with Crippen LogP contribution in [0.2, 0.25) is 0 Å². The van der Waals surface area contributed by atoms with Gasteiger partial charge in [0.25, 0.3) is 0 Å². The summed E-state index contributed by atoms with van der Waals surface area (Å²) in [5.74, 6) is -0.300. The van der Waals surface area contributed by atoms with Gasteiger partial charge in [0, 0.05) is 18.8 Å². The Morgan fingerprint density at radius 1 is 1.37 bits per heavy atom. The third-order valence-corrected chi connectivity index (χ3v) is 3.01. The Bertz CT molecular complexity index is 506. The first kappa shape index (κ1) is 13.7. The topological polar surface area (TPSA) is 42.7 Å². The Hall–Kier alpha value is -1.75. The Labute approximate surface area is 112 Å². The van der Waals surface area contributed by atoms with E-state index in [0.717, 1.165) is 30.8 Å². The molecule has 0 aliphatic rings. The number of aromatic nitrogens is 3. The summed E-state index contributed by atoms with van der Waals surface area (Å²) in [5.41, 5.74) is 2.03. The smallest absolute Gasteiger partial charge is 0.141 e. The minimum absolute atomic E-state index is 0.150. The number of halogens is 1. The molecule has 0 aromatic carbocycles. The Kier molecular flexibility index (Phi) is 4.63. The summed E-state index contributed by atoms with van der Waals surface area (Å²) in [6.07, 6.45) is 6.03. The lowest BCUT2D eigenvalue weighted by atomic mass is 10.1. The number of pyridine rings is 1. The molecule has 1 N–H and O–H groups in total. The van der Waals surface area contributed by atoms with Gasteiger partial charge >= 0.3 is 0 Å². The Morgan fingerprint density at radius 3 is 2.79 bits per heavy atom. The predicted molar refractivity (Wildman–Crippen MR) is 72.2 cm³/mol. The first-order valence-electron chi connectivity index (χ1n) is 6.53. The summed E-state index contributed by atoms with van der Waals surface area (Å²) in [6.45, 7) is 5.72. The highest BCUT2D eigenvalue weighted by Gasteiger charge is 2.09. The van der Waals surface area contributed by atoms with E-state index < -0.39 is 0 Å². The number of nitrogens with zero attached hydrogens (tertiary/aromatic N) is 3. The van der Waals surface area contributed by atoms with Crippen LogP contribution in [0.4, 0.5) is 4.39 Å². The van der Waals surface area contributed by atoms with Crippen molar-refractivity contribution in [2.45, 2.75) is 32.9 Å². The molecule has 4 nitrogen and oxygen atoms in total. The standard InChI is InChI=1S/C14H19FN4/c1-3-13(14-5-4-12(15)9-17-14)16-6-7-19-10-11(2)8-18-19/h4-5,8-10,13,16H,3,6-7H2,1-2H3. The Morgan fingerprint density at radius 2 is 2.21 bits per heavy atom. The van der Waals surface area contributed by atoms with E-state index in [2.05, 4.69) is 22.3 Å². The first-order chi connectivity index (χ1) is 9.19. The van der Waals surface area contributed by atoms with Gasteiger partial charge in [-0.25, -0.2) is 4.39 Å². The van der Waals surface area contributed by atoms with E-state index in [1.165, 1.54) is 12.3 Å². The van der Waals surface area contributed by atoms with E-state index in [4.69, 9.17) is 0 Å². The average molecular weight is 262 g/mol. The molecule has 0 fully saturated rings. The highest BCUT2D eigenvalue weighted by Crippen LogP contribution is 2.13. The van der Waals surface area contributed by atoms with Gasteiger partial charge in [0.1, 0.15) is 5.82 Å². The zero-order valence-electron chi connectivity index (χ0n) is 11.3. The van der Waals surface area contributed by atoms with E-state index in [-0.39, 0.29) is 11.9 Å². The van der Waals surface area contributed by atoms with Gasteiger partial charge in [0.15, 0.2) is 0 Å². The molecular formula is C14H19FN4. The van der Waals surface area contributed by atoms with E-state index in [1.807, 2.05) is 24.0 Å². The summed E-state index contributed by atoms with van der Waals surface area (Å²) < 4.78 is 14.7. The molecule has 1 atom stereocenters. The molecule has 0 bridgehead atoms. The van der Waals surface area contributed by atoms with Crippen molar-refractivity contribution in [1.82, 2.24) is 20.1 Å². The molecule has 1 unspecified atom stereocenters. The van der Waals surface area contributed by atoms with E-state index in [9.17, 15) is 4.39 Å². The van der Waals surface area contributed by atoms with Gasteiger partial charge in [0.2, 0.25) is 0 Å². The van der Waals surface area contributed by atoms with Gasteiger partial charge in [-0.3, -0.25) is 9.67 Å². The van der Waals surface area contributed by atoms with Crippen LogP contribution >= 0.6 is 0 Å². The monoisotopic (exact) mass is 262 g/mol. The van der Waals surface area contributed by atoms with Gasteiger partial charge < -0.3 is 5.32 Å². The fourth-order valence-electron chi connectivity index (χ4n) is 1.99. The fraction of sp³-hybridized carbons (Fsp3) is 0.429. The van der Waals surface area contributed by atoms with Gasteiger partial charge in [0.05, 0.1) is 24.6 Å². The number of hydrogen-bond donors (Lipinski definition) is 1. The maximum atomic E-state index is 12.8. The van der Waals surface area contributed by atoms with Crippen LogP contribution in [0.15, 0.2) is 30.7 Å². The van der Waals surface area contributed by atoms with Crippen molar-refractivity contribution in [3.8, 4) is 0 Å². The van der Waals surface area contributed by atoms with Crippen LogP contribution < -0.4 is 5.32 Å². The van der Waals surface area contributed by atoms with Crippen molar-refractivity contribution >= 4 is 0 Å². The normalized spacial score (nSPS) is 12.6. The minimum Gasteiger partial charge on any atom is -0.307 e. The van der Waals surface area contributed by atoms with E-state index in [0.29, 0.717) is 0 Å². The number of rotatable bonds is 6. The molecule has 102 valence electrons. The maximum Gasteiger partial charge on any atom is 0.141 e. The van der Waals surface area contributed by atoms with Crippen LogP contribution in [-0.4, -0.2) is 21.3 Å². The molecule has 2 heterocycles. The van der Waals surface area contributed by atoms with Crippen molar-refractivity contribution in [2.24, 2.45) is 0 Å². The average Bonchev–Trinajstić information content (AvgIpc) is 2.82. The van der Waals surface area contributed by atoms with Gasteiger partial charge in [-0.1, -0.05) is 6.92 Å². The van der Waals surface area contributed by atoms with Gasteiger partial charge in [-0.05, 0) is 31.0 Å². The second kappa shape index (κ2) is 6.43.